The van der Waals surface area contributed by atoms with Crippen LogP contribution in [-0.4, -0.2) is 20.9 Å². The summed E-state index contributed by atoms with van der Waals surface area (Å²) in [5.41, 5.74) is 1.17. The Morgan fingerprint density at radius 2 is 1.93 bits per heavy atom. The Labute approximate surface area is 104 Å². The van der Waals surface area contributed by atoms with Gasteiger partial charge in [0.15, 0.2) is 4.08 Å². The molecule has 2 nitrogen and oxygen atoms in total. The lowest BCUT2D eigenvalue weighted by Crippen LogP contribution is -2.28. The van der Waals surface area contributed by atoms with E-state index in [9.17, 15) is 4.79 Å². The van der Waals surface area contributed by atoms with Crippen molar-refractivity contribution >= 4 is 43.0 Å². The zero-order valence-electron chi connectivity index (χ0n) is 7.96. The van der Waals surface area contributed by atoms with Gasteiger partial charge in [0.2, 0.25) is 0 Å². The number of carboxylic acid groups (broad SMARTS) is 1. The highest BCUT2D eigenvalue weighted by molar-refractivity contribution is 8.05. The third-order valence-electron chi connectivity index (χ3n) is 1.76. The van der Waals surface area contributed by atoms with Crippen LogP contribution in [0, 0.1) is 0 Å². The molecule has 0 unspecified atom stereocenters. The first-order valence-corrected chi connectivity index (χ1v) is 6.37. The third-order valence-corrected chi connectivity index (χ3v) is 4.06. The van der Waals surface area contributed by atoms with Gasteiger partial charge in [-0.15, -0.1) is 25.3 Å². The molecule has 0 aliphatic rings. The molecule has 0 fully saturated rings. The predicted molar refractivity (Wildman–Crippen MR) is 70.9 cm³/mol. The Bertz CT molecular complexity index is 325. The summed E-state index contributed by atoms with van der Waals surface area (Å²) in [6.45, 7) is 0. The van der Waals surface area contributed by atoms with Gasteiger partial charge < -0.3 is 5.11 Å². The van der Waals surface area contributed by atoms with Crippen LogP contribution in [0.4, 0.5) is 0 Å². The molecule has 1 aromatic rings. The molecule has 0 aliphatic heterocycles. The first-order valence-electron chi connectivity index (χ1n) is 4.32. The van der Waals surface area contributed by atoms with Crippen LogP contribution in [-0.2, 0) is 10.5 Å². The quantitative estimate of drug-likeness (QED) is 0.562. The number of hydrogen-bond acceptors (Lipinski definition) is 4. The predicted octanol–water partition coefficient (Wildman–Crippen LogP) is 2.56. The summed E-state index contributed by atoms with van der Waals surface area (Å²) >= 11 is 9.45. The minimum absolute atomic E-state index is 0.365. The number of aliphatic carboxylic acids is 1. The lowest BCUT2D eigenvalue weighted by Gasteiger charge is -2.16. The van der Waals surface area contributed by atoms with Crippen molar-refractivity contribution in [3.8, 4) is 0 Å². The maximum Gasteiger partial charge on any atom is 0.330 e. The van der Waals surface area contributed by atoms with E-state index in [1.807, 2.05) is 30.3 Å². The van der Waals surface area contributed by atoms with Crippen LogP contribution in [0.2, 0.25) is 0 Å². The van der Waals surface area contributed by atoms with Gasteiger partial charge in [-0.2, -0.15) is 11.8 Å². The van der Waals surface area contributed by atoms with Gasteiger partial charge in [0.1, 0.15) is 0 Å². The molecule has 0 saturated carbocycles. The summed E-state index contributed by atoms with van der Waals surface area (Å²) < 4.78 is -1.25. The zero-order valence-corrected chi connectivity index (χ0v) is 10.6. The first kappa shape index (κ1) is 12.8. The van der Waals surface area contributed by atoms with Gasteiger partial charge in [0.25, 0.3) is 0 Å². The highest BCUT2D eigenvalue weighted by atomic mass is 32.2. The van der Waals surface area contributed by atoms with Gasteiger partial charge in [-0.25, -0.2) is 4.79 Å². The Kier molecular flexibility index (Phi) is 4.89. The molecule has 0 spiro atoms. The van der Waals surface area contributed by atoms with Crippen molar-refractivity contribution in [3.05, 3.63) is 35.9 Å². The van der Waals surface area contributed by atoms with Crippen LogP contribution in [0.3, 0.4) is 0 Å². The summed E-state index contributed by atoms with van der Waals surface area (Å²) in [7, 11) is 0. The second-order valence-corrected chi connectivity index (χ2v) is 5.97. The number of carboxylic acids is 1. The summed E-state index contributed by atoms with van der Waals surface area (Å²) in [6.07, 6.45) is 0. The first-order chi connectivity index (χ1) is 7.02. The van der Waals surface area contributed by atoms with Gasteiger partial charge in [-0.05, 0) is 5.56 Å². The summed E-state index contributed by atoms with van der Waals surface area (Å²) in [5.74, 6) is 0.134. The second-order valence-electron chi connectivity index (χ2n) is 3.10. The van der Waals surface area contributed by atoms with Crippen molar-refractivity contribution in [1.29, 1.82) is 0 Å². The topological polar surface area (TPSA) is 37.3 Å². The lowest BCUT2D eigenvalue weighted by molar-refractivity contribution is -0.136. The molecule has 82 valence electrons. The van der Waals surface area contributed by atoms with Crippen molar-refractivity contribution in [2.24, 2.45) is 0 Å². The molecule has 1 N–H and O–H groups in total. The molecule has 1 rings (SSSR count). The Hall–Kier alpha value is -0.260. The average Bonchev–Trinajstić information content (AvgIpc) is 2.19. The maximum atomic E-state index is 10.7. The van der Waals surface area contributed by atoms with E-state index in [1.54, 1.807) is 0 Å². The van der Waals surface area contributed by atoms with E-state index in [1.165, 1.54) is 17.3 Å². The number of benzene rings is 1. The van der Waals surface area contributed by atoms with Gasteiger partial charge in [0.05, 0.1) is 0 Å². The second kappa shape index (κ2) is 5.72. The van der Waals surface area contributed by atoms with E-state index in [0.717, 1.165) is 5.75 Å². The van der Waals surface area contributed by atoms with Crippen LogP contribution < -0.4 is 0 Å². The molecular formula is C10H12O2S3. The lowest BCUT2D eigenvalue weighted by atomic mass is 10.2. The highest BCUT2D eigenvalue weighted by Crippen LogP contribution is 2.26. The molecular weight excluding hydrogens is 248 g/mol. The molecule has 0 amide bonds. The van der Waals surface area contributed by atoms with E-state index < -0.39 is 10.0 Å². The minimum Gasteiger partial charge on any atom is -0.480 e. The fraction of sp³-hybridized carbons (Fsp3) is 0.300. The zero-order chi connectivity index (χ0) is 11.3. The summed E-state index contributed by atoms with van der Waals surface area (Å²) in [4.78, 5) is 10.7. The van der Waals surface area contributed by atoms with Crippen LogP contribution in [0.25, 0.3) is 0 Å². The minimum atomic E-state index is -1.25. The number of hydrogen-bond donors (Lipinski definition) is 3. The average molecular weight is 260 g/mol. The molecule has 0 bridgehead atoms. The number of thiol groups is 2. The van der Waals surface area contributed by atoms with Crippen molar-refractivity contribution in [3.63, 3.8) is 0 Å². The van der Waals surface area contributed by atoms with Gasteiger partial charge in [-0.3, -0.25) is 0 Å². The summed E-state index contributed by atoms with van der Waals surface area (Å²) in [6, 6.07) is 9.88. The van der Waals surface area contributed by atoms with E-state index in [-0.39, 0.29) is 0 Å². The van der Waals surface area contributed by atoms with Gasteiger partial charge in [0, 0.05) is 11.5 Å². The standard InChI is InChI=1S/C10H12O2S3/c11-9(12)10(13,14)7-15-6-8-4-2-1-3-5-8/h1-5,13-14H,6-7H2,(H,11,12). The van der Waals surface area contributed by atoms with Crippen LogP contribution >= 0.6 is 37.0 Å². The number of thioether (sulfide) groups is 1. The SMILES string of the molecule is O=C(O)C(S)(S)CSCc1ccccc1. The van der Waals surface area contributed by atoms with Gasteiger partial charge in [-0.1, -0.05) is 30.3 Å². The number of rotatable bonds is 5. The van der Waals surface area contributed by atoms with Crippen LogP contribution in [0.15, 0.2) is 30.3 Å². The third kappa shape index (κ3) is 4.40. The van der Waals surface area contributed by atoms with Crippen molar-refractivity contribution < 1.29 is 9.90 Å². The van der Waals surface area contributed by atoms with E-state index >= 15 is 0 Å². The Balaban J connectivity index is 2.37. The van der Waals surface area contributed by atoms with Crippen molar-refractivity contribution in [1.82, 2.24) is 0 Å². The molecule has 1 aromatic carbocycles. The Morgan fingerprint density at radius 3 is 2.47 bits per heavy atom. The highest BCUT2D eigenvalue weighted by Gasteiger charge is 2.29. The van der Waals surface area contributed by atoms with Crippen LogP contribution in [0.5, 0.6) is 0 Å². The smallest absolute Gasteiger partial charge is 0.330 e. The van der Waals surface area contributed by atoms with Gasteiger partial charge >= 0.3 is 5.97 Å². The molecule has 0 atom stereocenters. The fourth-order valence-electron chi connectivity index (χ4n) is 0.947. The van der Waals surface area contributed by atoms with Crippen molar-refractivity contribution in [2.45, 2.75) is 9.83 Å². The molecule has 0 saturated heterocycles. The maximum absolute atomic E-state index is 10.7. The fourth-order valence-corrected chi connectivity index (χ4v) is 2.43. The van der Waals surface area contributed by atoms with E-state index in [2.05, 4.69) is 25.3 Å². The number of carbonyl (C=O) groups is 1. The molecule has 0 radical (unpaired) electrons. The van der Waals surface area contributed by atoms with E-state index in [0.29, 0.717) is 5.75 Å². The molecule has 0 heterocycles. The summed E-state index contributed by atoms with van der Waals surface area (Å²) in [5, 5.41) is 8.77. The molecule has 0 aromatic heterocycles. The molecule has 0 aliphatic carbocycles. The largest absolute Gasteiger partial charge is 0.480 e. The van der Waals surface area contributed by atoms with Crippen molar-refractivity contribution in [2.75, 3.05) is 5.75 Å². The monoisotopic (exact) mass is 260 g/mol. The van der Waals surface area contributed by atoms with E-state index in [4.69, 9.17) is 5.11 Å². The Morgan fingerprint density at radius 1 is 1.33 bits per heavy atom. The molecule has 15 heavy (non-hydrogen) atoms. The molecule has 5 heteroatoms. The van der Waals surface area contributed by atoms with Crippen LogP contribution in [0.1, 0.15) is 5.56 Å². The normalized spacial score (nSPS) is 11.3.